The molecule has 1 unspecified atom stereocenters. The van der Waals surface area contributed by atoms with Gasteiger partial charge in [0, 0.05) is 22.8 Å². The van der Waals surface area contributed by atoms with Crippen LogP contribution >= 0.6 is 11.3 Å². The van der Waals surface area contributed by atoms with E-state index in [-0.39, 0.29) is 0 Å². The summed E-state index contributed by atoms with van der Waals surface area (Å²) in [7, 11) is 0. The van der Waals surface area contributed by atoms with Crippen LogP contribution in [0.1, 0.15) is 44.2 Å². The Bertz CT molecular complexity index is 1170. The lowest BCUT2D eigenvalue weighted by Gasteiger charge is -2.22. The van der Waals surface area contributed by atoms with Gasteiger partial charge in [0.15, 0.2) is 11.5 Å². The molecule has 1 spiro atoms. The molecule has 0 bridgehead atoms. The first-order valence-corrected chi connectivity index (χ1v) is 11.1. The maximum Gasteiger partial charge on any atom is 0.181 e. The number of fused-ring (bicyclic) bond motifs is 3. The molecule has 1 N–H and O–H groups in total. The minimum atomic E-state index is 0.525. The molecule has 3 heterocycles. The predicted molar refractivity (Wildman–Crippen MR) is 116 cm³/mol. The van der Waals surface area contributed by atoms with Crippen LogP contribution in [0.3, 0.4) is 0 Å². The predicted octanol–water partition coefficient (Wildman–Crippen LogP) is 6.05. The van der Waals surface area contributed by atoms with Gasteiger partial charge in [-0.1, -0.05) is 49.6 Å². The first kappa shape index (κ1) is 16.5. The van der Waals surface area contributed by atoms with E-state index < -0.39 is 0 Å². The molecule has 0 saturated heterocycles. The van der Waals surface area contributed by atoms with E-state index in [9.17, 15) is 0 Å². The topological polar surface area (TPSA) is 42.2 Å². The molecule has 0 aliphatic heterocycles. The monoisotopic (exact) mass is 388 g/mol. The van der Waals surface area contributed by atoms with Gasteiger partial charge in [0.2, 0.25) is 0 Å². The zero-order valence-electron chi connectivity index (χ0n) is 16.1. The van der Waals surface area contributed by atoms with E-state index in [0.29, 0.717) is 11.5 Å². The minimum absolute atomic E-state index is 0.525. The van der Waals surface area contributed by atoms with E-state index in [1.807, 2.05) is 6.20 Å². The zero-order valence-corrected chi connectivity index (χ0v) is 16.9. The Hall–Kier alpha value is -2.40. The van der Waals surface area contributed by atoms with Crippen LogP contribution in [0.25, 0.3) is 26.4 Å². The van der Waals surface area contributed by atoms with Gasteiger partial charge in [-0.25, -0.2) is 9.97 Å². The maximum atomic E-state index is 5.04. The fraction of sp³-hybridized carbons (Fsp3) is 0.391. The quantitative estimate of drug-likeness (QED) is 0.464. The van der Waals surface area contributed by atoms with Crippen molar-refractivity contribution in [2.24, 2.45) is 5.41 Å². The van der Waals surface area contributed by atoms with Crippen LogP contribution in [0, 0.1) is 12.3 Å². The van der Waals surface area contributed by atoms with Crippen molar-refractivity contribution in [3.8, 4) is 10.4 Å². The van der Waals surface area contributed by atoms with Crippen LogP contribution in [-0.2, 0) is 0 Å². The second-order valence-corrected chi connectivity index (χ2v) is 9.54. The highest BCUT2D eigenvalue weighted by Crippen LogP contribution is 2.57. The van der Waals surface area contributed by atoms with Crippen LogP contribution < -0.4 is 5.32 Å². The van der Waals surface area contributed by atoms with Gasteiger partial charge in [0.05, 0.1) is 0 Å². The van der Waals surface area contributed by atoms with E-state index in [1.54, 1.807) is 11.3 Å². The highest BCUT2D eigenvalue weighted by molar-refractivity contribution is 7.21. The third kappa shape index (κ3) is 2.49. The van der Waals surface area contributed by atoms with Gasteiger partial charge in [0.25, 0.3) is 0 Å². The molecule has 2 saturated carbocycles. The molecule has 0 amide bonds. The van der Waals surface area contributed by atoms with Crippen LogP contribution in [0.2, 0.25) is 0 Å². The maximum absolute atomic E-state index is 5.04. The summed E-state index contributed by atoms with van der Waals surface area (Å²) < 4.78 is 2.28. The molecular formula is C23H24N4S. The number of rotatable bonds is 3. The van der Waals surface area contributed by atoms with Crippen molar-refractivity contribution in [2.75, 3.05) is 5.32 Å². The van der Waals surface area contributed by atoms with Crippen LogP contribution in [-0.4, -0.2) is 20.4 Å². The summed E-state index contributed by atoms with van der Waals surface area (Å²) in [5.74, 6) is 0.950. The van der Waals surface area contributed by atoms with Gasteiger partial charge in [-0.3, -0.25) is 4.40 Å². The third-order valence-corrected chi connectivity index (χ3v) is 7.85. The molecule has 4 nitrogen and oxygen atoms in total. The molecule has 2 fully saturated rings. The van der Waals surface area contributed by atoms with E-state index in [0.717, 1.165) is 22.7 Å². The molecule has 1 atom stereocenters. The number of hydrogen-bond acceptors (Lipinski definition) is 4. The number of aryl methyl sites for hydroxylation is 1. The van der Waals surface area contributed by atoms with Crippen molar-refractivity contribution in [3.63, 3.8) is 0 Å². The average Bonchev–Trinajstić information content (AvgIpc) is 3.06. The fourth-order valence-corrected chi connectivity index (χ4v) is 6.17. The van der Waals surface area contributed by atoms with Crippen molar-refractivity contribution in [1.82, 2.24) is 14.4 Å². The number of benzene rings is 1. The highest BCUT2D eigenvalue weighted by atomic mass is 32.1. The molecule has 6 rings (SSSR count). The molecule has 2 aliphatic rings. The summed E-state index contributed by atoms with van der Waals surface area (Å²) in [5, 5.41) is 3.78. The Balaban J connectivity index is 1.44. The summed E-state index contributed by atoms with van der Waals surface area (Å²) in [6, 6.07) is 13.4. The lowest BCUT2D eigenvalue weighted by Crippen LogP contribution is -2.18. The Labute approximate surface area is 168 Å². The number of imidazole rings is 1. The number of thiophene rings is 1. The summed E-state index contributed by atoms with van der Waals surface area (Å²) in [6.07, 6.45) is 10.2. The molecular weight excluding hydrogens is 364 g/mol. The first-order valence-electron chi connectivity index (χ1n) is 10.3. The Morgan fingerprint density at radius 2 is 1.96 bits per heavy atom. The standard InChI is InChI=1S/C23H24N4S/c1-15-14-24-21-20(26-19-13-23(19)10-6-3-7-11-23)25-17-12-18(28-22(17)27(15)21)16-8-4-2-5-9-16/h2,4-5,8-9,12,14,19H,3,6-7,10-11,13H2,1H3,(H,25,26). The Kier molecular flexibility index (Phi) is 3.57. The van der Waals surface area contributed by atoms with Crippen LogP contribution in [0.4, 0.5) is 5.82 Å². The molecule has 5 heteroatoms. The highest BCUT2D eigenvalue weighted by Gasteiger charge is 2.54. The Morgan fingerprint density at radius 3 is 2.79 bits per heavy atom. The molecule has 1 aromatic carbocycles. The van der Waals surface area contributed by atoms with E-state index in [1.165, 1.54) is 53.8 Å². The normalized spacial score (nSPS) is 20.8. The summed E-state index contributed by atoms with van der Waals surface area (Å²) in [6.45, 7) is 2.13. The third-order valence-electron chi connectivity index (χ3n) is 6.69. The SMILES string of the molecule is Cc1cnc2c(NC3CC34CCCCC4)nc3cc(-c4ccccc4)sc3n12. The number of anilines is 1. The summed E-state index contributed by atoms with van der Waals surface area (Å²) in [4.78, 5) is 12.2. The van der Waals surface area contributed by atoms with Crippen molar-refractivity contribution < 1.29 is 0 Å². The second-order valence-electron chi connectivity index (χ2n) is 8.51. The average molecular weight is 389 g/mol. The van der Waals surface area contributed by atoms with E-state index >= 15 is 0 Å². The van der Waals surface area contributed by atoms with Crippen molar-refractivity contribution in [1.29, 1.82) is 0 Å². The summed E-state index contributed by atoms with van der Waals surface area (Å²) in [5.41, 5.74) is 4.95. The van der Waals surface area contributed by atoms with Crippen molar-refractivity contribution >= 4 is 33.1 Å². The number of nitrogens with zero attached hydrogens (tertiary/aromatic N) is 3. The lowest BCUT2D eigenvalue weighted by atomic mass is 9.86. The molecule has 142 valence electrons. The molecule has 2 aliphatic carbocycles. The van der Waals surface area contributed by atoms with Gasteiger partial charge in [-0.2, -0.15) is 0 Å². The van der Waals surface area contributed by atoms with Crippen molar-refractivity contribution in [2.45, 2.75) is 51.5 Å². The van der Waals surface area contributed by atoms with Crippen LogP contribution in [0.5, 0.6) is 0 Å². The second kappa shape index (κ2) is 6.05. The van der Waals surface area contributed by atoms with Gasteiger partial charge in [0.1, 0.15) is 10.3 Å². The lowest BCUT2D eigenvalue weighted by molar-refractivity contribution is 0.330. The largest absolute Gasteiger partial charge is 0.364 e. The first-order chi connectivity index (χ1) is 13.7. The Morgan fingerprint density at radius 1 is 1.14 bits per heavy atom. The molecule has 28 heavy (non-hydrogen) atoms. The number of aromatic nitrogens is 3. The van der Waals surface area contributed by atoms with Gasteiger partial charge in [-0.15, -0.1) is 11.3 Å². The fourth-order valence-electron chi connectivity index (χ4n) is 5.01. The van der Waals surface area contributed by atoms with Crippen LogP contribution in [0.15, 0.2) is 42.6 Å². The summed E-state index contributed by atoms with van der Waals surface area (Å²) >= 11 is 1.80. The van der Waals surface area contributed by atoms with Gasteiger partial charge < -0.3 is 5.32 Å². The minimum Gasteiger partial charge on any atom is -0.364 e. The molecule has 0 radical (unpaired) electrons. The molecule has 4 aromatic rings. The smallest absolute Gasteiger partial charge is 0.181 e. The molecule has 3 aromatic heterocycles. The zero-order chi connectivity index (χ0) is 18.7. The van der Waals surface area contributed by atoms with Gasteiger partial charge >= 0.3 is 0 Å². The van der Waals surface area contributed by atoms with E-state index in [4.69, 9.17) is 9.97 Å². The van der Waals surface area contributed by atoms with Crippen molar-refractivity contribution in [3.05, 3.63) is 48.3 Å². The number of hydrogen-bond donors (Lipinski definition) is 1. The number of nitrogens with one attached hydrogen (secondary N) is 1. The van der Waals surface area contributed by atoms with E-state index in [2.05, 4.69) is 53.0 Å². The van der Waals surface area contributed by atoms with Gasteiger partial charge in [-0.05, 0) is 43.2 Å².